The van der Waals surface area contributed by atoms with Crippen LogP contribution in [-0.2, 0) is 9.53 Å². The van der Waals surface area contributed by atoms with Crippen molar-refractivity contribution in [3.63, 3.8) is 0 Å². The Kier molecular flexibility index (Phi) is 4.34. The molecule has 0 bridgehead atoms. The van der Waals surface area contributed by atoms with Crippen LogP contribution in [0.3, 0.4) is 0 Å². The average Bonchev–Trinajstić information content (AvgIpc) is 2.40. The number of aromatic amines is 1. The maximum absolute atomic E-state index is 12.3. The molecule has 0 aliphatic rings. The van der Waals surface area contributed by atoms with E-state index in [-0.39, 0.29) is 23.6 Å². The molecule has 5 nitrogen and oxygen atoms in total. The summed E-state index contributed by atoms with van der Waals surface area (Å²) in [4.78, 5) is 26.8. The fraction of sp³-hybridized carbons (Fsp3) is 0.231. The SMILES string of the molecule is CCOCC(=O)Nc1c[nH]c2cccc(Br)c2c1=O. The number of hydrogen-bond acceptors (Lipinski definition) is 3. The van der Waals surface area contributed by atoms with Crippen molar-refractivity contribution < 1.29 is 9.53 Å². The van der Waals surface area contributed by atoms with Crippen LogP contribution < -0.4 is 10.7 Å². The van der Waals surface area contributed by atoms with Gasteiger partial charge in [-0.05, 0) is 35.0 Å². The van der Waals surface area contributed by atoms with Gasteiger partial charge in [0.15, 0.2) is 0 Å². The Hall–Kier alpha value is -1.66. The van der Waals surface area contributed by atoms with Crippen LogP contribution in [-0.4, -0.2) is 24.1 Å². The molecule has 1 heterocycles. The van der Waals surface area contributed by atoms with Crippen molar-refractivity contribution >= 4 is 38.4 Å². The standard InChI is InChI=1S/C13H13BrN2O3/c1-2-19-7-11(17)16-10-6-15-9-5-3-4-8(14)12(9)13(10)18/h3-6H,2,7H2,1H3,(H,15,18)(H,16,17). The average molecular weight is 325 g/mol. The van der Waals surface area contributed by atoms with Crippen LogP contribution in [0.1, 0.15) is 6.92 Å². The first-order valence-electron chi connectivity index (χ1n) is 5.81. The van der Waals surface area contributed by atoms with Crippen LogP contribution in [0, 0.1) is 0 Å². The summed E-state index contributed by atoms with van der Waals surface area (Å²) in [6, 6.07) is 5.41. The van der Waals surface area contributed by atoms with E-state index in [2.05, 4.69) is 26.2 Å². The molecule has 6 heteroatoms. The maximum Gasteiger partial charge on any atom is 0.250 e. The van der Waals surface area contributed by atoms with Gasteiger partial charge in [-0.2, -0.15) is 0 Å². The number of H-pyrrole nitrogens is 1. The fourth-order valence-electron chi connectivity index (χ4n) is 1.70. The summed E-state index contributed by atoms with van der Waals surface area (Å²) >= 11 is 3.33. The fourth-order valence-corrected chi connectivity index (χ4v) is 2.25. The highest BCUT2D eigenvalue weighted by atomic mass is 79.9. The van der Waals surface area contributed by atoms with E-state index >= 15 is 0 Å². The molecular formula is C13H13BrN2O3. The zero-order valence-electron chi connectivity index (χ0n) is 10.3. The number of carbonyl (C=O) groups is 1. The van der Waals surface area contributed by atoms with Crippen LogP contribution in [0.25, 0.3) is 10.9 Å². The molecule has 0 saturated heterocycles. The van der Waals surface area contributed by atoms with Crippen molar-refractivity contribution in [1.29, 1.82) is 0 Å². The van der Waals surface area contributed by atoms with Crippen LogP contribution in [0.4, 0.5) is 5.69 Å². The van der Waals surface area contributed by atoms with Gasteiger partial charge in [0.25, 0.3) is 5.91 Å². The molecule has 1 aromatic carbocycles. The predicted octanol–water partition coefficient (Wildman–Crippen LogP) is 2.27. The molecule has 0 spiro atoms. The third kappa shape index (κ3) is 3.02. The van der Waals surface area contributed by atoms with Crippen molar-refractivity contribution in [2.45, 2.75) is 6.92 Å². The molecule has 19 heavy (non-hydrogen) atoms. The highest BCUT2D eigenvalue weighted by Crippen LogP contribution is 2.20. The van der Waals surface area contributed by atoms with Crippen molar-refractivity contribution in [2.75, 3.05) is 18.5 Å². The second-order valence-corrected chi connectivity index (χ2v) is 4.73. The first kappa shape index (κ1) is 13.8. The molecule has 0 atom stereocenters. The molecule has 100 valence electrons. The van der Waals surface area contributed by atoms with E-state index in [1.165, 1.54) is 6.20 Å². The smallest absolute Gasteiger partial charge is 0.250 e. The number of ether oxygens (including phenoxy) is 1. The third-order valence-corrected chi connectivity index (χ3v) is 3.23. The zero-order valence-corrected chi connectivity index (χ0v) is 11.9. The highest BCUT2D eigenvalue weighted by Gasteiger charge is 2.10. The van der Waals surface area contributed by atoms with Crippen molar-refractivity contribution in [1.82, 2.24) is 4.98 Å². The minimum atomic E-state index is -0.348. The quantitative estimate of drug-likeness (QED) is 0.906. The summed E-state index contributed by atoms with van der Waals surface area (Å²) in [6.07, 6.45) is 1.49. The van der Waals surface area contributed by atoms with Gasteiger partial charge < -0.3 is 15.0 Å². The number of benzene rings is 1. The van der Waals surface area contributed by atoms with E-state index in [9.17, 15) is 9.59 Å². The summed E-state index contributed by atoms with van der Waals surface area (Å²) in [6.45, 7) is 2.18. The van der Waals surface area contributed by atoms with Crippen LogP contribution >= 0.6 is 15.9 Å². The predicted molar refractivity (Wildman–Crippen MR) is 77.4 cm³/mol. The van der Waals surface area contributed by atoms with Gasteiger partial charge >= 0.3 is 0 Å². The Balaban J connectivity index is 2.35. The van der Waals surface area contributed by atoms with Gasteiger partial charge in [-0.25, -0.2) is 0 Å². The largest absolute Gasteiger partial charge is 0.372 e. The van der Waals surface area contributed by atoms with Crippen LogP contribution in [0.15, 0.2) is 33.7 Å². The number of halogens is 1. The number of anilines is 1. The molecular weight excluding hydrogens is 312 g/mol. The van der Waals surface area contributed by atoms with Gasteiger partial charge in [-0.1, -0.05) is 6.07 Å². The number of rotatable bonds is 4. The highest BCUT2D eigenvalue weighted by molar-refractivity contribution is 9.10. The molecule has 0 saturated carbocycles. The number of fused-ring (bicyclic) bond motifs is 1. The monoisotopic (exact) mass is 324 g/mol. The van der Waals surface area contributed by atoms with E-state index in [0.29, 0.717) is 22.0 Å². The van der Waals surface area contributed by atoms with E-state index in [1.807, 2.05) is 6.07 Å². The molecule has 2 aromatic rings. The summed E-state index contributed by atoms with van der Waals surface area (Å²) in [5, 5.41) is 3.05. The van der Waals surface area contributed by atoms with Crippen molar-refractivity contribution in [3.05, 3.63) is 39.1 Å². The van der Waals surface area contributed by atoms with Gasteiger partial charge in [-0.3, -0.25) is 9.59 Å². The van der Waals surface area contributed by atoms with Gasteiger partial charge in [0.1, 0.15) is 12.3 Å². The first-order chi connectivity index (χ1) is 9.13. The topological polar surface area (TPSA) is 71.2 Å². The van der Waals surface area contributed by atoms with E-state index in [1.54, 1.807) is 19.1 Å². The molecule has 2 rings (SSSR count). The Labute approximate surface area is 118 Å². The van der Waals surface area contributed by atoms with E-state index in [4.69, 9.17) is 4.74 Å². The van der Waals surface area contributed by atoms with Crippen molar-refractivity contribution in [3.8, 4) is 0 Å². The normalized spacial score (nSPS) is 10.6. The molecule has 0 aliphatic heterocycles. The summed E-state index contributed by atoms with van der Waals surface area (Å²) < 4.78 is 5.67. The Morgan fingerprint density at radius 3 is 3.00 bits per heavy atom. The van der Waals surface area contributed by atoms with Gasteiger partial charge in [0, 0.05) is 17.3 Å². The second kappa shape index (κ2) is 5.99. The van der Waals surface area contributed by atoms with E-state index in [0.717, 1.165) is 0 Å². The summed E-state index contributed by atoms with van der Waals surface area (Å²) in [5.74, 6) is -0.348. The van der Waals surface area contributed by atoms with Gasteiger partial charge in [0.05, 0.1) is 10.9 Å². The third-order valence-electron chi connectivity index (χ3n) is 2.57. The molecule has 0 fully saturated rings. The summed E-state index contributed by atoms with van der Waals surface area (Å²) in [7, 11) is 0. The number of hydrogen-bond donors (Lipinski definition) is 2. The lowest BCUT2D eigenvalue weighted by atomic mass is 10.2. The molecule has 0 unspecified atom stereocenters. The number of pyridine rings is 1. The number of carbonyl (C=O) groups excluding carboxylic acids is 1. The van der Waals surface area contributed by atoms with Gasteiger partial charge in [0.2, 0.25) is 5.43 Å². The van der Waals surface area contributed by atoms with Crippen LogP contribution in [0.5, 0.6) is 0 Å². The minimum Gasteiger partial charge on any atom is -0.372 e. The lowest BCUT2D eigenvalue weighted by Crippen LogP contribution is -2.22. The maximum atomic E-state index is 12.3. The second-order valence-electron chi connectivity index (χ2n) is 3.88. The molecule has 1 aromatic heterocycles. The van der Waals surface area contributed by atoms with Crippen LogP contribution in [0.2, 0.25) is 0 Å². The number of nitrogens with one attached hydrogen (secondary N) is 2. The lowest BCUT2D eigenvalue weighted by Gasteiger charge is -2.06. The molecule has 1 amide bonds. The van der Waals surface area contributed by atoms with E-state index < -0.39 is 0 Å². The Morgan fingerprint density at radius 2 is 2.26 bits per heavy atom. The number of amides is 1. The zero-order chi connectivity index (χ0) is 13.8. The lowest BCUT2D eigenvalue weighted by molar-refractivity contribution is -0.120. The molecule has 0 aliphatic carbocycles. The summed E-state index contributed by atoms with van der Waals surface area (Å²) in [5.41, 5.74) is 0.692. The molecule has 2 N–H and O–H groups in total. The Morgan fingerprint density at radius 1 is 1.47 bits per heavy atom. The minimum absolute atomic E-state index is 0.0655. The van der Waals surface area contributed by atoms with Crippen molar-refractivity contribution in [2.24, 2.45) is 0 Å². The first-order valence-corrected chi connectivity index (χ1v) is 6.60. The van der Waals surface area contributed by atoms with Gasteiger partial charge in [-0.15, -0.1) is 0 Å². The number of aromatic nitrogens is 1. The molecule has 0 radical (unpaired) electrons. The Bertz CT molecular complexity index is 666.